The summed E-state index contributed by atoms with van der Waals surface area (Å²) in [5.74, 6) is -2.42. The summed E-state index contributed by atoms with van der Waals surface area (Å²) in [6.45, 7) is 9.46. The molecular formula is C27H34N2O7. The fraction of sp³-hybridized carbons (Fsp3) is 0.444. The van der Waals surface area contributed by atoms with Crippen molar-refractivity contribution >= 4 is 17.7 Å². The Kier molecular flexibility index (Phi) is 7.36. The number of aromatic hydroxyl groups is 1. The third kappa shape index (κ3) is 5.62. The molecule has 2 aromatic rings. The Morgan fingerprint density at radius 2 is 1.69 bits per heavy atom. The molecule has 0 heterocycles. The number of carboxylic acids is 1. The van der Waals surface area contributed by atoms with Crippen LogP contribution in [0.25, 0.3) is 0 Å². The maximum absolute atomic E-state index is 12.2. The lowest BCUT2D eigenvalue weighted by molar-refractivity contribution is -0.144. The van der Waals surface area contributed by atoms with Gasteiger partial charge in [0.15, 0.2) is 0 Å². The van der Waals surface area contributed by atoms with Gasteiger partial charge in [-0.15, -0.1) is 0 Å². The van der Waals surface area contributed by atoms with E-state index in [4.69, 9.17) is 20.3 Å². The first-order chi connectivity index (χ1) is 16.7. The molecule has 9 nitrogen and oxygen atoms in total. The van der Waals surface area contributed by atoms with Crippen LogP contribution in [0, 0.1) is 0 Å². The largest absolute Gasteiger partial charge is 0.507 e. The fourth-order valence-corrected chi connectivity index (χ4v) is 4.22. The van der Waals surface area contributed by atoms with Crippen molar-refractivity contribution in [2.45, 2.75) is 63.8 Å². The van der Waals surface area contributed by atoms with Crippen LogP contribution in [0.5, 0.6) is 11.5 Å². The average molecular weight is 499 g/mol. The number of rotatable bonds is 8. The number of phenols is 1. The second-order valence-corrected chi connectivity index (χ2v) is 10.8. The first kappa shape index (κ1) is 27.0. The lowest BCUT2D eigenvalue weighted by Crippen LogP contribution is -2.49. The van der Waals surface area contributed by atoms with Gasteiger partial charge in [0.2, 0.25) is 0 Å². The summed E-state index contributed by atoms with van der Waals surface area (Å²) in [6.07, 6.45) is 2.14. The van der Waals surface area contributed by atoms with Crippen LogP contribution in [0.2, 0.25) is 0 Å². The molecule has 1 aliphatic rings. The van der Waals surface area contributed by atoms with E-state index in [0.29, 0.717) is 5.71 Å². The van der Waals surface area contributed by atoms with Crippen LogP contribution in [-0.2, 0) is 20.4 Å². The van der Waals surface area contributed by atoms with E-state index in [1.165, 1.54) is 36.2 Å². The van der Waals surface area contributed by atoms with Gasteiger partial charge >= 0.3 is 11.9 Å². The van der Waals surface area contributed by atoms with Gasteiger partial charge in [0, 0.05) is 11.6 Å². The Balaban J connectivity index is 1.72. The van der Waals surface area contributed by atoms with Crippen LogP contribution in [0.4, 0.5) is 0 Å². The monoisotopic (exact) mass is 498 g/mol. The van der Waals surface area contributed by atoms with E-state index in [1.54, 1.807) is 0 Å². The third-order valence-corrected chi connectivity index (χ3v) is 6.86. The molecule has 9 heteroatoms. The number of ether oxygens (including phenoxy) is 2. The number of oxime groups is 1. The Bertz CT molecular complexity index is 1200. The Hall–Kier alpha value is -3.59. The zero-order chi connectivity index (χ0) is 26.9. The lowest BCUT2D eigenvalue weighted by atomic mass is 9.63. The number of phenolic OH excluding ortho intramolecular Hbond substituents is 1. The second-order valence-electron chi connectivity index (χ2n) is 10.8. The number of hydrogen-bond acceptors (Lipinski definition) is 8. The smallest absolute Gasteiger partial charge is 0.341 e. The number of esters is 1. The average Bonchev–Trinajstić information content (AvgIpc) is 2.81. The standard InChI is InChI=1S/C27H34N2O7/c1-25(2)10-11-26(3,4)20-12-16(6-9-19(20)25)21(29-34)14-35-17-7-8-18(22(30)13-17)23(31)36-15-27(5,28)24(32)33/h6-9,12-13,30,34H,10-11,14-15,28H2,1-5H3,(H,32,33)/b29-21-. The maximum Gasteiger partial charge on any atom is 0.341 e. The van der Waals surface area contributed by atoms with Crippen molar-refractivity contribution in [2.75, 3.05) is 13.2 Å². The van der Waals surface area contributed by atoms with Gasteiger partial charge in [-0.3, -0.25) is 4.79 Å². The zero-order valence-electron chi connectivity index (χ0n) is 21.3. The minimum absolute atomic E-state index is 0.00960. The molecule has 0 aliphatic heterocycles. The normalized spacial score (nSPS) is 18.0. The number of aliphatic carboxylic acids is 1. The third-order valence-electron chi connectivity index (χ3n) is 6.86. The summed E-state index contributed by atoms with van der Waals surface area (Å²) >= 11 is 0. The van der Waals surface area contributed by atoms with Crippen LogP contribution in [0.3, 0.4) is 0 Å². The summed E-state index contributed by atoms with van der Waals surface area (Å²) in [6, 6.07) is 10.0. The van der Waals surface area contributed by atoms with Gasteiger partial charge in [0.1, 0.15) is 41.5 Å². The summed E-state index contributed by atoms with van der Waals surface area (Å²) < 4.78 is 10.6. The first-order valence-electron chi connectivity index (χ1n) is 11.7. The maximum atomic E-state index is 12.2. The van der Waals surface area contributed by atoms with E-state index in [-0.39, 0.29) is 28.7 Å². The predicted molar refractivity (Wildman–Crippen MR) is 134 cm³/mol. The van der Waals surface area contributed by atoms with Crippen molar-refractivity contribution in [3.05, 3.63) is 58.7 Å². The summed E-state index contributed by atoms with van der Waals surface area (Å²) in [4.78, 5) is 23.3. The molecule has 0 aromatic heterocycles. The topological polar surface area (TPSA) is 152 Å². The van der Waals surface area contributed by atoms with E-state index >= 15 is 0 Å². The Labute approximate surface area is 210 Å². The van der Waals surface area contributed by atoms with Crippen molar-refractivity contribution in [1.29, 1.82) is 0 Å². The van der Waals surface area contributed by atoms with Gasteiger partial charge < -0.3 is 30.6 Å². The van der Waals surface area contributed by atoms with Crippen LogP contribution in [0.1, 0.15) is 74.5 Å². The molecular weight excluding hydrogens is 464 g/mol. The Morgan fingerprint density at radius 3 is 2.28 bits per heavy atom. The molecule has 1 aliphatic carbocycles. The molecule has 0 saturated heterocycles. The molecule has 0 spiro atoms. The molecule has 0 bridgehead atoms. The van der Waals surface area contributed by atoms with Crippen molar-refractivity contribution in [1.82, 2.24) is 0 Å². The second kappa shape index (κ2) is 9.81. The van der Waals surface area contributed by atoms with Gasteiger partial charge in [-0.1, -0.05) is 45.0 Å². The number of fused-ring (bicyclic) bond motifs is 1. The molecule has 194 valence electrons. The Morgan fingerprint density at radius 1 is 1.06 bits per heavy atom. The highest BCUT2D eigenvalue weighted by molar-refractivity contribution is 6.01. The van der Waals surface area contributed by atoms with Gasteiger partial charge in [-0.2, -0.15) is 0 Å². The van der Waals surface area contributed by atoms with Crippen molar-refractivity contribution in [2.24, 2.45) is 10.9 Å². The highest BCUT2D eigenvalue weighted by Gasteiger charge is 2.37. The number of hydrogen-bond donors (Lipinski definition) is 4. The zero-order valence-corrected chi connectivity index (χ0v) is 21.3. The van der Waals surface area contributed by atoms with Crippen molar-refractivity contribution < 1.29 is 34.5 Å². The van der Waals surface area contributed by atoms with Gasteiger partial charge in [-0.25, -0.2) is 4.79 Å². The van der Waals surface area contributed by atoms with Crippen LogP contribution in [-0.4, -0.2) is 51.8 Å². The summed E-state index contributed by atoms with van der Waals surface area (Å²) in [7, 11) is 0. The lowest BCUT2D eigenvalue weighted by Gasteiger charge is -2.42. The number of nitrogens with zero attached hydrogens (tertiary/aromatic N) is 1. The van der Waals surface area contributed by atoms with Crippen molar-refractivity contribution in [3.63, 3.8) is 0 Å². The van der Waals surface area contributed by atoms with Crippen LogP contribution in [0.15, 0.2) is 41.6 Å². The first-order valence-corrected chi connectivity index (χ1v) is 11.7. The van der Waals surface area contributed by atoms with Crippen LogP contribution < -0.4 is 10.5 Å². The van der Waals surface area contributed by atoms with E-state index < -0.39 is 29.8 Å². The number of carbonyl (C=O) groups excluding carboxylic acids is 1. The van der Waals surface area contributed by atoms with Gasteiger partial charge in [-0.05, 0) is 59.9 Å². The van der Waals surface area contributed by atoms with E-state index in [1.807, 2.05) is 12.1 Å². The number of nitrogens with two attached hydrogens (primary N) is 1. The minimum atomic E-state index is -1.75. The van der Waals surface area contributed by atoms with Gasteiger partial charge in [0.25, 0.3) is 0 Å². The van der Waals surface area contributed by atoms with E-state index in [2.05, 4.69) is 38.9 Å². The van der Waals surface area contributed by atoms with E-state index in [0.717, 1.165) is 18.4 Å². The number of carbonyl (C=O) groups is 2. The molecule has 2 aromatic carbocycles. The van der Waals surface area contributed by atoms with Gasteiger partial charge in [0.05, 0.1) is 0 Å². The number of carboxylic acid groups (broad SMARTS) is 1. The molecule has 3 rings (SSSR count). The molecule has 36 heavy (non-hydrogen) atoms. The number of benzene rings is 2. The minimum Gasteiger partial charge on any atom is -0.507 e. The molecule has 0 fully saturated rings. The summed E-state index contributed by atoms with van der Waals surface area (Å²) in [5, 5.41) is 32.4. The SMILES string of the molecule is CC(N)(COC(=O)c1ccc(OC/C(=N/O)c2ccc3c(c2)C(C)(C)CCC3(C)C)cc1O)C(=O)O. The molecule has 1 unspecified atom stereocenters. The van der Waals surface area contributed by atoms with Crippen molar-refractivity contribution in [3.8, 4) is 11.5 Å². The quantitative estimate of drug-likeness (QED) is 0.185. The molecule has 1 atom stereocenters. The highest BCUT2D eigenvalue weighted by Crippen LogP contribution is 2.46. The highest BCUT2D eigenvalue weighted by atomic mass is 16.5. The molecule has 0 amide bonds. The fourth-order valence-electron chi connectivity index (χ4n) is 4.22. The van der Waals surface area contributed by atoms with E-state index in [9.17, 15) is 19.9 Å². The molecule has 5 N–H and O–H groups in total. The predicted octanol–water partition coefficient (Wildman–Crippen LogP) is 3.96. The molecule has 0 saturated carbocycles. The summed E-state index contributed by atoms with van der Waals surface area (Å²) in [5.41, 5.74) is 7.23. The van der Waals surface area contributed by atoms with Crippen LogP contribution >= 0.6 is 0 Å². The molecule has 0 radical (unpaired) electrons.